The molecule has 0 aromatic heterocycles. The summed E-state index contributed by atoms with van der Waals surface area (Å²) in [6, 6.07) is 5.40. The molecule has 2 aliphatic rings. The lowest BCUT2D eigenvalue weighted by molar-refractivity contribution is -0.119. The van der Waals surface area contributed by atoms with Gasteiger partial charge in [0.05, 0.1) is 18.3 Å². The molecule has 1 aliphatic heterocycles. The van der Waals surface area contributed by atoms with Crippen LogP contribution in [0.5, 0.6) is 5.75 Å². The van der Waals surface area contributed by atoms with Gasteiger partial charge >= 0.3 is 0 Å². The standard InChI is InChI=1S/C21H29ClN2O3/c22-17-8-9-20(27-15-18-7-4-12-26-18)19(13-17)24-14-21(25)23-11-10-16-5-2-1-3-6-16/h5,8-9,13,18,24H,1-4,6-7,10-12,14-15H2,(H,23,25). The number of nitrogens with one attached hydrogen (secondary N) is 2. The summed E-state index contributed by atoms with van der Waals surface area (Å²) in [6.07, 6.45) is 10.4. The summed E-state index contributed by atoms with van der Waals surface area (Å²) >= 11 is 6.10. The number of amides is 1. The van der Waals surface area contributed by atoms with Gasteiger partial charge in [0.15, 0.2) is 0 Å². The van der Waals surface area contributed by atoms with Crippen molar-refractivity contribution in [2.45, 2.75) is 51.0 Å². The lowest BCUT2D eigenvalue weighted by Gasteiger charge is -2.16. The zero-order valence-electron chi connectivity index (χ0n) is 15.8. The summed E-state index contributed by atoms with van der Waals surface area (Å²) in [4.78, 5) is 12.1. The quantitative estimate of drug-likeness (QED) is 0.614. The first-order valence-corrected chi connectivity index (χ1v) is 10.3. The van der Waals surface area contributed by atoms with E-state index in [0.29, 0.717) is 23.9 Å². The predicted molar refractivity (Wildman–Crippen MR) is 109 cm³/mol. The number of ether oxygens (including phenoxy) is 2. The first kappa shape index (κ1) is 20.0. The van der Waals surface area contributed by atoms with Crippen molar-refractivity contribution in [1.82, 2.24) is 5.32 Å². The van der Waals surface area contributed by atoms with Gasteiger partial charge < -0.3 is 20.1 Å². The monoisotopic (exact) mass is 392 g/mol. The van der Waals surface area contributed by atoms with Crippen molar-refractivity contribution in [2.75, 3.05) is 31.6 Å². The lowest BCUT2D eigenvalue weighted by atomic mass is 9.97. The number of hydrogen-bond acceptors (Lipinski definition) is 4. The fraction of sp³-hybridized carbons (Fsp3) is 0.571. The van der Waals surface area contributed by atoms with E-state index >= 15 is 0 Å². The Bertz CT molecular complexity index is 657. The molecule has 27 heavy (non-hydrogen) atoms. The molecule has 2 N–H and O–H groups in total. The van der Waals surface area contributed by atoms with E-state index in [4.69, 9.17) is 21.1 Å². The number of hydrogen-bond donors (Lipinski definition) is 2. The SMILES string of the molecule is O=C(CNc1cc(Cl)ccc1OCC1CCCO1)NCCC1=CCCCC1. The lowest BCUT2D eigenvalue weighted by Crippen LogP contribution is -2.31. The van der Waals surface area contributed by atoms with E-state index in [1.54, 1.807) is 12.1 Å². The van der Waals surface area contributed by atoms with Crippen molar-refractivity contribution >= 4 is 23.2 Å². The van der Waals surface area contributed by atoms with E-state index in [0.717, 1.165) is 31.6 Å². The minimum atomic E-state index is -0.0311. The number of rotatable bonds is 9. The second kappa shape index (κ2) is 10.6. The van der Waals surface area contributed by atoms with Crippen molar-refractivity contribution in [1.29, 1.82) is 0 Å². The van der Waals surface area contributed by atoms with Gasteiger partial charge in [-0.15, -0.1) is 0 Å². The van der Waals surface area contributed by atoms with Crippen LogP contribution in [0.15, 0.2) is 29.8 Å². The molecule has 1 atom stereocenters. The van der Waals surface area contributed by atoms with Gasteiger partial charge in [-0.2, -0.15) is 0 Å². The van der Waals surface area contributed by atoms with Gasteiger partial charge in [-0.05, 0) is 63.1 Å². The van der Waals surface area contributed by atoms with Crippen molar-refractivity contribution in [3.05, 3.63) is 34.9 Å². The summed E-state index contributed by atoms with van der Waals surface area (Å²) in [5.41, 5.74) is 2.19. The number of carbonyl (C=O) groups is 1. The van der Waals surface area contributed by atoms with Crippen LogP contribution in [0.3, 0.4) is 0 Å². The predicted octanol–water partition coefficient (Wildman–Crippen LogP) is 4.32. The van der Waals surface area contributed by atoms with Gasteiger partial charge in [-0.3, -0.25) is 4.79 Å². The molecule has 0 radical (unpaired) electrons. The molecule has 1 aromatic rings. The number of allylic oxidation sites excluding steroid dienone is 1. The van der Waals surface area contributed by atoms with Crippen LogP contribution in [0.25, 0.3) is 0 Å². The molecule has 1 fully saturated rings. The molecule has 148 valence electrons. The maximum Gasteiger partial charge on any atom is 0.239 e. The molecular formula is C21H29ClN2O3. The summed E-state index contributed by atoms with van der Waals surface area (Å²) in [6.45, 7) is 2.19. The molecule has 0 bridgehead atoms. The van der Waals surface area contributed by atoms with Crippen LogP contribution in [-0.2, 0) is 9.53 Å². The molecule has 1 amide bonds. The first-order valence-electron chi connectivity index (χ1n) is 9.93. The Morgan fingerprint density at radius 2 is 2.22 bits per heavy atom. The maximum absolute atomic E-state index is 12.1. The van der Waals surface area contributed by atoms with Crippen LogP contribution in [0.4, 0.5) is 5.69 Å². The van der Waals surface area contributed by atoms with Crippen LogP contribution in [0.1, 0.15) is 44.9 Å². The van der Waals surface area contributed by atoms with Crippen LogP contribution in [0.2, 0.25) is 5.02 Å². The van der Waals surface area contributed by atoms with Crippen LogP contribution in [-0.4, -0.2) is 38.3 Å². The Balaban J connectivity index is 1.43. The number of benzene rings is 1. The third-order valence-corrected chi connectivity index (χ3v) is 5.22. The molecule has 5 nitrogen and oxygen atoms in total. The highest BCUT2D eigenvalue weighted by molar-refractivity contribution is 6.30. The molecule has 3 rings (SSSR count). The van der Waals surface area contributed by atoms with E-state index in [2.05, 4.69) is 16.7 Å². The molecule has 1 aliphatic carbocycles. The molecule has 1 unspecified atom stereocenters. The largest absolute Gasteiger partial charge is 0.489 e. The Morgan fingerprint density at radius 1 is 1.30 bits per heavy atom. The van der Waals surface area contributed by atoms with Crippen LogP contribution < -0.4 is 15.4 Å². The highest BCUT2D eigenvalue weighted by Gasteiger charge is 2.17. The fourth-order valence-electron chi connectivity index (χ4n) is 3.46. The van der Waals surface area contributed by atoms with E-state index < -0.39 is 0 Å². The van der Waals surface area contributed by atoms with Crippen molar-refractivity contribution in [3.8, 4) is 5.75 Å². The number of halogens is 1. The molecule has 1 aromatic carbocycles. The summed E-state index contributed by atoms with van der Waals surface area (Å²) in [5.74, 6) is 0.659. The van der Waals surface area contributed by atoms with Crippen LogP contribution in [0, 0.1) is 0 Å². The zero-order valence-corrected chi connectivity index (χ0v) is 16.5. The Hall–Kier alpha value is -1.72. The Morgan fingerprint density at radius 3 is 3.00 bits per heavy atom. The zero-order chi connectivity index (χ0) is 18.9. The van der Waals surface area contributed by atoms with E-state index in [1.807, 2.05) is 6.07 Å². The van der Waals surface area contributed by atoms with Crippen molar-refractivity contribution in [2.24, 2.45) is 0 Å². The van der Waals surface area contributed by atoms with Gasteiger partial charge in [0, 0.05) is 18.2 Å². The Labute approximate surface area is 166 Å². The number of anilines is 1. The second-order valence-electron chi connectivity index (χ2n) is 7.15. The van der Waals surface area contributed by atoms with Gasteiger partial charge in [-0.25, -0.2) is 0 Å². The number of carbonyl (C=O) groups excluding carboxylic acids is 1. The van der Waals surface area contributed by atoms with Crippen LogP contribution >= 0.6 is 11.6 Å². The third-order valence-electron chi connectivity index (χ3n) is 4.98. The Kier molecular flexibility index (Phi) is 7.84. The summed E-state index contributed by atoms with van der Waals surface area (Å²) in [5, 5.41) is 6.72. The van der Waals surface area contributed by atoms with Gasteiger partial charge in [0.2, 0.25) is 5.91 Å². The second-order valence-corrected chi connectivity index (χ2v) is 7.58. The molecule has 1 saturated heterocycles. The topological polar surface area (TPSA) is 59.6 Å². The third kappa shape index (κ3) is 6.74. The minimum Gasteiger partial charge on any atom is -0.489 e. The van der Waals surface area contributed by atoms with Crippen molar-refractivity contribution in [3.63, 3.8) is 0 Å². The highest BCUT2D eigenvalue weighted by atomic mass is 35.5. The maximum atomic E-state index is 12.1. The van der Waals surface area contributed by atoms with E-state index in [-0.39, 0.29) is 18.6 Å². The molecule has 6 heteroatoms. The molecular weight excluding hydrogens is 364 g/mol. The van der Waals surface area contributed by atoms with E-state index in [9.17, 15) is 4.79 Å². The minimum absolute atomic E-state index is 0.0311. The summed E-state index contributed by atoms with van der Waals surface area (Å²) < 4.78 is 11.5. The average Bonchev–Trinajstić information content (AvgIpc) is 3.20. The molecule has 0 saturated carbocycles. The fourth-order valence-corrected chi connectivity index (χ4v) is 3.63. The molecule has 0 spiro atoms. The summed E-state index contributed by atoms with van der Waals surface area (Å²) in [7, 11) is 0. The van der Waals surface area contributed by atoms with Gasteiger partial charge in [-0.1, -0.05) is 23.3 Å². The average molecular weight is 393 g/mol. The van der Waals surface area contributed by atoms with E-state index in [1.165, 1.54) is 31.3 Å². The first-order chi connectivity index (χ1) is 13.2. The normalized spacial score (nSPS) is 19.4. The van der Waals surface area contributed by atoms with Gasteiger partial charge in [0.25, 0.3) is 0 Å². The van der Waals surface area contributed by atoms with Crippen molar-refractivity contribution < 1.29 is 14.3 Å². The van der Waals surface area contributed by atoms with Gasteiger partial charge in [0.1, 0.15) is 12.4 Å². The molecule has 1 heterocycles. The highest BCUT2D eigenvalue weighted by Crippen LogP contribution is 2.28. The smallest absolute Gasteiger partial charge is 0.239 e.